The molecule has 90 valence electrons. The molecule has 2 atom stereocenters. The molecular formula is C13H15IN2O. The highest BCUT2D eigenvalue weighted by Crippen LogP contribution is 2.21. The Kier molecular flexibility index (Phi) is 3.83. The Bertz CT molecular complexity index is 470. The lowest BCUT2D eigenvalue weighted by Crippen LogP contribution is -2.24. The molecule has 17 heavy (non-hydrogen) atoms. The minimum Gasteiger partial charge on any atom is -0.326 e. The normalized spacial score (nSPS) is 22.8. The molecular weight excluding hydrogens is 327 g/mol. The van der Waals surface area contributed by atoms with Crippen LogP contribution in [0.1, 0.15) is 12.0 Å². The molecule has 0 saturated heterocycles. The number of amides is 1. The number of aryl methyl sites for hydroxylation is 1. The Morgan fingerprint density at radius 3 is 2.82 bits per heavy atom. The van der Waals surface area contributed by atoms with Gasteiger partial charge in [0.15, 0.2) is 0 Å². The molecule has 0 spiro atoms. The van der Waals surface area contributed by atoms with Gasteiger partial charge in [-0.15, -0.1) is 0 Å². The zero-order valence-electron chi connectivity index (χ0n) is 9.61. The average molecular weight is 342 g/mol. The van der Waals surface area contributed by atoms with Gasteiger partial charge in [0.05, 0.1) is 5.92 Å². The summed E-state index contributed by atoms with van der Waals surface area (Å²) >= 11 is 2.26. The summed E-state index contributed by atoms with van der Waals surface area (Å²) in [5.41, 5.74) is 7.79. The van der Waals surface area contributed by atoms with Gasteiger partial charge in [-0.05, 0) is 53.6 Å². The fourth-order valence-electron chi connectivity index (χ4n) is 1.83. The number of nitrogens with two attached hydrogens (primary N) is 1. The Hall–Kier alpha value is -0.880. The van der Waals surface area contributed by atoms with Crippen LogP contribution in [0.5, 0.6) is 0 Å². The zero-order valence-corrected chi connectivity index (χ0v) is 11.8. The largest absolute Gasteiger partial charge is 0.326 e. The number of carbonyl (C=O) groups is 1. The molecule has 0 aliphatic heterocycles. The number of rotatable bonds is 2. The standard InChI is InChI=1S/C13H15IN2O/c1-8-2-5-11(7-12(8)14)16-13(17)9-3-4-10(15)6-9/h2-5,7,9-10H,6,15H2,1H3,(H,16,17). The number of hydrogen-bond acceptors (Lipinski definition) is 2. The van der Waals surface area contributed by atoms with Gasteiger partial charge in [0, 0.05) is 15.3 Å². The van der Waals surface area contributed by atoms with Crippen molar-refractivity contribution in [3.05, 3.63) is 39.5 Å². The molecule has 1 aromatic carbocycles. The van der Waals surface area contributed by atoms with Crippen molar-refractivity contribution in [1.29, 1.82) is 0 Å². The third kappa shape index (κ3) is 3.07. The number of halogens is 1. The Labute approximate surface area is 115 Å². The summed E-state index contributed by atoms with van der Waals surface area (Å²) in [6.07, 6.45) is 4.48. The third-order valence-corrected chi connectivity index (χ3v) is 4.06. The molecule has 3 nitrogen and oxygen atoms in total. The Morgan fingerprint density at radius 2 is 2.24 bits per heavy atom. The van der Waals surface area contributed by atoms with Crippen LogP contribution in [0.2, 0.25) is 0 Å². The third-order valence-electron chi connectivity index (χ3n) is 2.89. The van der Waals surface area contributed by atoms with Gasteiger partial charge in [-0.25, -0.2) is 0 Å². The molecule has 1 amide bonds. The van der Waals surface area contributed by atoms with Crippen LogP contribution >= 0.6 is 22.6 Å². The number of carbonyl (C=O) groups excluding carboxylic acids is 1. The van der Waals surface area contributed by atoms with Crippen molar-refractivity contribution >= 4 is 34.2 Å². The summed E-state index contributed by atoms with van der Waals surface area (Å²) in [5.74, 6) is -0.0715. The van der Waals surface area contributed by atoms with Crippen molar-refractivity contribution in [2.75, 3.05) is 5.32 Å². The maximum atomic E-state index is 11.9. The van der Waals surface area contributed by atoms with Crippen molar-refractivity contribution < 1.29 is 4.79 Å². The first-order valence-corrected chi connectivity index (χ1v) is 6.65. The van der Waals surface area contributed by atoms with Crippen LogP contribution in [-0.4, -0.2) is 11.9 Å². The lowest BCUT2D eigenvalue weighted by Gasteiger charge is -2.11. The molecule has 0 fully saturated rings. The van der Waals surface area contributed by atoms with Crippen LogP contribution in [-0.2, 0) is 4.79 Å². The van der Waals surface area contributed by atoms with Gasteiger partial charge < -0.3 is 11.1 Å². The van der Waals surface area contributed by atoms with Gasteiger partial charge in [0.2, 0.25) is 5.91 Å². The van der Waals surface area contributed by atoms with E-state index in [1.807, 2.05) is 37.3 Å². The number of benzene rings is 1. The quantitative estimate of drug-likeness (QED) is 0.641. The molecule has 0 saturated carbocycles. The topological polar surface area (TPSA) is 55.1 Å². The number of anilines is 1. The molecule has 2 unspecified atom stereocenters. The SMILES string of the molecule is Cc1ccc(NC(=O)C2C=CC(N)C2)cc1I. The summed E-state index contributed by atoms with van der Waals surface area (Å²) in [4.78, 5) is 11.9. The van der Waals surface area contributed by atoms with E-state index in [-0.39, 0.29) is 17.9 Å². The fraction of sp³-hybridized carbons (Fsp3) is 0.308. The van der Waals surface area contributed by atoms with Crippen molar-refractivity contribution in [3.63, 3.8) is 0 Å². The summed E-state index contributed by atoms with van der Waals surface area (Å²) < 4.78 is 1.15. The maximum Gasteiger partial charge on any atom is 0.231 e. The van der Waals surface area contributed by atoms with E-state index in [4.69, 9.17) is 5.73 Å². The summed E-state index contributed by atoms with van der Waals surface area (Å²) in [5, 5.41) is 2.92. The monoisotopic (exact) mass is 342 g/mol. The second-order valence-electron chi connectivity index (χ2n) is 4.34. The molecule has 0 bridgehead atoms. The van der Waals surface area contributed by atoms with E-state index in [0.717, 1.165) is 9.26 Å². The van der Waals surface area contributed by atoms with Gasteiger partial charge in [-0.3, -0.25) is 4.79 Å². The van der Waals surface area contributed by atoms with Crippen LogP contribution in [0.3, 0.4) is 0 Å². The van der Waals surface area contributed by atoms with Crippen LogP contribution < -0.4 is 11.1 Å². The molecule has 0 radical (unpaired) electrons. The van der Waals surface area contributed by atoms with E-state index >= 15 is 0 Å². The highest BCUT2D eigenvalue weighted by atomic mass is 127. The molecule has 2 rings (SSSR count). The first-order valence-electron chi connectivity index (χ1n) is 5.57. The van der Waals surface area contributed by atoms with Gasteiger partial charge in [0.1, 0.15) is 0 Å². The van der Waals surface area contributed by atoms with Gasteiger partial charge >= 0.3 is 0 Å². The second-order valence-corrected chi connectivity index (χ2v) is 5.51. The van der Waals surface area contributed by atoms with Gasteiger partial charge in [-0.1, -0.05) is 18.2 Å². The van der Waals surface area contributed by atoms with E-state index < -0.39 is 0 Å². The van der Waals surface area contributed by atoms with E-state index in [1.54, 1.807) is 0 Å². The van der Waals surface area contributed by atoms with E-state index in [0.29, 0.717) is 6.42 Å². The predicted octanol–water partition coefficient (Wildman–Crippen LogP) is 2.44. The molecule has 1 aliphatic carbocycles. The van der Waals surface area contributed by atoms with E-state index in [9.17, 15) is 4.79 Å². The smallest absolute Gasteiger partial charge is 0.231 e. The lowest BCUT2D eigenvalue weighted by molar-refractivity contribution is -0.118. The van der Waals surface area contributed by atoms with Crippen LogP contribution in [0.4, 0.5) is 5.69 Å². The Balaban J connectivity index is 2.03. The lowest BCUT2D eigenvalue weighted by atomic mass is 10.1. The average Bonchev–Trinajstić information content (AvgIpc) is 2.70. The van der Waals surface area contributed by atoms with Gasteiger partial charge in [0.25, 0.3) is 0 Å². The number of hydrogen-bond donors (Lipinski definition) is 2. The molecule has 4 heteroatoms. The fourth-order valence-corrected chi connectivity index (χ4v) is 2.34. The highest BCUT2D eigenvalue weighted by Gasteiger charge is 2.22. The second kappa shape index (κ2) is 5.18. The predicted molar refractivity (Wildman–Crippen MR) is 77.7 cm³/mol. The van der Waals surface area contributed by atoms with Crippen LogP contribution in [0.25, 0.3) is 0 Å². The van der Waals surface area contributed by atoms with Crippen LogP contribution in [0.15, 0.2) is 30.4 Å². The van der Waals surface area contributed by atoms with Crippen molar-refractivity contribution in [2.24, 2.45) is 11.7 Å². The van der Waals surface area contributed by atoms with Crippen molar-refractivity contribution in [2.45, 2.75) is 19.4 Å². The molecule has 0 heterocycles. The minimum atomic E-state index is -0.0936. The molecule has 1 aromatic rings. The highest BCUT2D eigenvalue weighted by molar-refractivity contribution is 14.1. The first kappa shape index (κ1) is 12.6. The van der Waals surface area contributed by atoms with E-state index in [2.05, 4.69) is 27.9 Å². The minimum absolute atomic E-state index is 0.0175. The summed E-state index contributed by atoms with van der Waals surface area (Å²) in [7, 11) is 0. The molecule has 3 N–H and O–H groups in total. The summed E-state index contributed by atoms with van der Waals surface area (Å²) in [6.45, 7) is 2.05. The summed E-state index contributed by atoms with van der Waals surface area (Å²) in [6, 6.07) is 5.93. The number of nitrogens with one attached hydrogen (secondary N) is 1. The Morgan fingerprint density at radius 1 is 1.47 bits per heavy atom. The van der Waals surface area contributed by atoms with Gasteiger partial charge in [-0.2, -0.15) is 0 Å². The van der Waals surface area contributed by atoms with Crippen molar-refractivity contribution in [1.82, 2.24) is 0 Å². The molecule has 0 aromatic heterocycles. The molecule has 1 aliphatic rings. The first-order chi connectivity index (χ1) is 8.06. The van der Waals surface area contributed by atoms with Crippen molar-refractivity contribution in [3.8, 4) is 0 Å². The zero-order chi connectivity index (χ0) is 12.4. The maximum absolute atomic E-state index is 11.9. The van der Waals surface area contributed by atoms with E-state index in [1.165, 1.54) is 5.56 Å². The van der Waals surface area contributed by atoms with Crippen LogP contribution in [0, 0.1) is 16.4 Å².